The number of nitrogens with zero attached hydrogens (tertiary/aromatic N) is 2. The molecule has 1 saturated carbocycles. The molecule has 0 bridgehead atoms. The van der Waals surface area contributed by atoms with Crippen LogP contribution in [0, 0.1) is 6.92 Å². The molecule has 0 radical (unpaired) electrons. The molecule has 7 heteroatoms. The van der Waals surface area contributed by atoms with E-state index in [4.69, 9.17) is 0 Å². The van der Waals surface area contributed by atoms with Crippen molar-refractivity contribution in [2.75, 3.05) is 0 Å². The van der Waals surface area contributed by atoms with E-state index in [9.17, 15) is 14.7 Å². The van der Waals surface area contributed by atoms with Gasteiger partial charge in [-0.15, -0.1) is 0 Å². The first-order valence-electron chi connectivity index (χ1n) is 7.29. The zero-order valence-electron chi connectivity index (χ0n) is 12.5. The zero-order chi connectivity index (χ0) is 16.6. The van der Waals surface area contributed by atoms with Crippen LogP contribution in [0.3, 0.4) is 0 Å². The van der Waals surface area contributed by atoms with Crippen LogP contribution in [0.5, 0.6) is 0 Å². The Kier molecular flexibility index (Phi) is 3.97. The van der Waals surface area contributed by atoms with Gasteiger partial charge in [-0.05, 0) is 44.4 Å². The lowest BCUT2D eigenvalue weighted by Gasteiger charge is -2.38. The Bertz CT molecular complexity index is 781. The molecule has 1 aromatic heterocycles. The Morgan fingerprint density at radius 1 is 1.39 bits per heavy atom. The van der Waals surface area contributed by atoms with Crippen molar-refractivity contribution in [3.63, 3.8) is 0 Å². The van der Waals surface area contributed by atoms with Crippen LogP contribution in [0.1, 0.15) is 35.3 Å². The van der Waals surface area contributed by atoms with Crippen molar-refractivity contribution >= 4 is 27.8 Å². The highest BCUT2D eigenvalue weighted by Crippen LogP contribution is 2.32. The Hall–Kier alpha value is -2.15. The number of hydrogen-bond donors (Lipinski definition) is 2. The maximum atomic E-state index is 12.5. The molecular weight excluding hydrogens is 362 g/mol. The molecule has 6 nitrogen and oxygen atoms in total. The highest BCUT2D eigenvalue weighted by molar-refractivity contribution is 9.10. The lowest BCUT2D eigenvalue weighted by atomic mass is 9.76. The summed E-state index contributed by atoms with van der Waals surface area (Å²) in [6, 6.07) is 7.57. The van der Waals surface area contributed by atoms with E-state index in [1.54, 1.807) is 11.6 Å². The van der Waals surface area contributed by atoms with E-state index in [1.165, 1.54) is 6.20 Å². The summed E-state index contributed by atoms with van der Waals surface area (Å²) in [5.74, 6) is -1.38. The summed E-state index contributed by atoms with van der Waals surface area (Å²) in [5, 5.41) is 16.2. The van der Waals surface area contributed by atoms with Crippen molar-refractivity contribution < 1.29 is 14.7 Å². The van der Waals surface area contributed by atoms with Crippen molar-refractivity contribution in [2.24, 2.45) is 0 Å². The molecule has 120 valence electrons. The number of aromatic nitrogens is 2. The topological polar surface area (TPSA) is 84.2 Å². The van der Waals surface area contributed by atoms with E-state index >= 15 is 0 Å². The smallest absolute Gasteiger partial charge is 0.329 e. The van der Waals surface area contributed by atoms with Gasteiger partial charge in [0.2, 0.25) is 0 Å². The van der Waals surface area contributed by atoms with Crippen molar-refractivity contribution in [1.29, 1.82) is 0 Å². The van der Waals surface area contributed by atoms with Crippen LogP contribution < -0.4 is 5.32 Å². The quantitative estimate of drug-likeness (QED) is 0.857. The number of hydrogen-bond acceptors (Lipinski definition) is 3. The average molecular weight is 378 g/mol. The molecule has 0 aliphatic heterocycles. The van der Waals surface area contributed by atoms with Crippen molar-refractivity contribution in [1.82, 2.24) is 15.1 Å². The van der Waals surface area contributed by atoms with Crippen LogP contribution in [0.25, 0.3) is 5.69 Å². The van der Waals surface area contributed by atoms with E-state index < -0.39 is 17.4 Å². The van der Waals surface area contributed by atoms with E-state index in [0.29, 0.717) is 24.1 Å². The monoisotopic (exact) mass is 377 g/mol. The summed E-state index contributed by atoms with van der Waals surface area (Å²) in [5.41, 5.74) is 0.756. The highest BCUT2D eigenvalue weighted by Gasteiger charge is 2.46. The minimum absolute atomic E-state index is 0.387. The van der Waals surface area contributed by atoms with Crippen LogP contribution >= 0.6 is 15.9 Å². The van der Waals surface area contributed by atoms with Crippen LogP contribution in [0.15, 0.2) is 34.9 Å². The third-order valence-electron chi connectivity index (χ3n) is 4.28. The molecule has 1 aromatic carbocycles. The normalized spacial score (nSPS) is 15.7. The van der Waals surface area contributed by atoms with Crippen LogP contribution in [0.4, 0.5) is 0 Å². The molecule has 1 amide bonds. The fourth-order valence-electron chi connectivity index (χ4n) is 2.71. The first kappa shape index (κ1) is 15.7. The van der Waals surface area contributed by atoms with Crippen LogP contribution in [-0.2, 0) is 4.79 Å². The molecule has 0 atom stereocenters. The minimum atomic E-state index is -1.12. The Morgan fingerprint density at radius 3 is 2.70 bits per heavy atom. The lowest BCUT2D eigenvalue weighted by Crippen LogP contribution is -2.59. The summed E-state index contributed by atoms with van der Waals surface area (Å²) >= 11 is 3.41. The number of halogens is 1. The fourth-order valence-corrected chi connectivity index (χ4v) is 3.10. The van der Waals surface area contributed by atoms with Crippen LogP contribution in [0.2, 0.25) is 0 Å². The number of rotatable bonds is 4. The summed E-state index contributed by atoms with van der Waals surface area (Å²) in [4.78, 5) is 23.8. The highest BCUT2D eigenvalue weighted by atomic mass is 79.9. The van der Waals surface area contributed by atoms with Gasteiger partial charge < -0.3 is 10.4 Å². The zero-order valence-corrected chi connectivity index (χ0v) is 14.1. The molecule has 0 spiro atoms. The van der Waals surface area contributed by atoms with Gasteiger partial charge in [0, 0.05) is 4.47 Å². The molecule has 23 heavy (non-hydrogen) atoms. The number of carbonyl (C=O) groups is 2. The Morgan fingerprint density at radius 2 is 2.13 bits per heavy atom. The number of amides is 1. The Labute approximate surface area is 141 Å². The molecular formula is C16H16BrN3O3. The number of carbonyl (C=O) groups excluding carboxylic acids is 1. The van der Waals surface area contributed by atoms with E-state index in [1.807, 2.05) is 24.3 Å². The van der Waals surface area contributed by atoms with Gasteiger partial charge >= 0.3 is 5.97 Å². The summed E-state index contributed by atoms with van der Waals surface area (Å²) < 4.78 is 2.57. The summed E-state index contributed by atoms with van der Waals surface area (Å²) in [7, 11) is 0. The number of carboxylic acids is 1. The molecule has 2 N–H and O–H groups in total. The molecule has 0 unspecified atom stereocenters. The maximum absolute atomic E-state index is 12.5. The molecule has 1 heterocycles. The maximum Gasteiger partial charge on any atom is 0.329 e. The third kappa shape index (κ3) is 2.76. The fraction of sp³-hybridized carbons (Fsp3) is 0.312. The number of carboxylic acid groups (broad SMARTS) is 1. The molecule has 1 aliphatic carbocycles. The largest absolute Gasteiger partial charge is 0.480 e. The van der Waals surface area contributed by atoms with Gasteiger partial charge in [-0.3, -0.25) is 4.79 Å². The number of nitrogens with one attached hydrogen (secondary N) is 1. The number of benzene rings is 1. The van der Waals surface area contributed by atoms with Gasteiger partial charge in [-0.2, -0.15) is 5.10 Å². The summed E-state index contributed by atoms with van der Waals surface area (Å²) in [6.45, 7) is 1.79. The number of aliphatic carboxylic acids is 1. The second-order valence-corrected chi connectivity index (χ2v) is 6.65. The van der Waals surface area contributed by atoms with Crippen molar-refractivity contribution in [2.45, 2.75) is 31.7 Å². The standard InChI is InChI=1S/C16H16BrN3O3/c1-10-13(14(21)19-16(15(22)23)6-3-7-16)9-18-20(10)12-5-2-4-11(17)8-12/h2,4-5,8-9H,3,6-7H2,1H3,(H,19,21)(H,22,23). The van der Waals surface area contributed by atoms with Gasteiger partial charge in [-0.1, -0.05) is 22.0 Å². The SMILES string of the molecule is Cc1c(C(=O)NC2(C(=O)O)CCC2)cnn1-c1cccc(Br)c1. The lowest BCUT2D eigenvalue weighted by molar-refractivity contribution is -0.148. The minimum Gasteiger partial charge on any atom is -0.480 e. The first-order valence-corrected chi connectivity index (χ1v) is 8.09. The third-order valence-corrected chi connectivity index (χ3v) is 4.77. The molecule has 3 rings (SSSR count). The summed E-state index contributed by atoms with van der Waals surface area (Å²) in [6.07, 6.45) is 3.21. The predicted molar refractivity (Wildman–Crippen MR) is 87.7 cm³/mol. The molecule has 1 fully saturated rings. The molecule has 0 saturated heterocycles. The second-order valence-electron chi connectivity index (χ2n) is 5.73. The van der Waals surface area contributed by atoms with Crippen molar-refractivity contribution in [3.05, 3.63) is 46.2 Å². The first-order chi connectivity index (χ1) is 10.9. The van der Waals surface area contributed by atoms with E-state index in [-0.39, 0.29) is 0 Å². The van der Waals surface area contributed by atoms with Gasteiger partial charge in [0.1, 0.15) is 5.54 Å². The average Bonchev–Trinajstić information content (AvgIpc) is 2.84. The van der Waals surface area contributed by atoms with E-state index in [2.05, 4.69) is 26.3 Å². The van der Waals surface area contributed by atoms with Gasteiger partial charge in [0.25, 0.3) is 5.91 Å². The van der Waals surface area contributed by atoms with Gasteiger partial charge in [0.15, 0.2) is 0 Å². The second kappa shape index (κ2) is 5.81. The molecule has 2 aromatic rings. The van der Waals surface area contributed by atoms with Crippen LogP contribution in [-0.4, -0.2) is 32.3 Å². The predicted octanol–water partition coefficient (Wildman–Crippen LogP) is 2.68. The van der Waals surface area contributed by atoms with E-state index in [0.717, 1.165) is 16.6 Å². The molecule has 1 aliphatic rings. The van der Waals surface area contributed by atoms with Gasteiger partial charge in [0.05, 0.1) is 23.1 Å². The Balaban J connectivity index is 1.87. The van der Waals surface area contributed by atoms with Crippen molar-refractivity contribution in [3.8, 4) is 5.69 Å². The van der Waals surface area contributed by atoms with Gasteiger partial charge in [-0.25, -0.2) is 9.48 Å².